The fourth-order valence-electron chi connectivity index (χ4n) is 3.46. The van der Waals surface area contributed by atoms with Crippen LogP contribution in [0.1, 0.15) is 11.1 Å². The molecule has 4 rings (SSSR count). The lowest BCUT2D eigenvalue weighted by molar-refractivity contribution is 0.447. The van der Waals surface area contributed by atoms with Gasteiger partial charge in [-0.3, -0.25) is 0 Å². The van der Waals surface area contributed by atoms with E-state index in [1.165, 1.54) is 24.3 Å². The highest BCUT2D eigenvalue weighted by Gasteiger charge is 2.16. The molecular weight excluding hydrogens is 452 g/mol. The van der Waals surface area contributed by atoms with Gasteiger partial charge >= 0.3 is 0 Å². The first-order chi connectivity index (χ1) is 15.6. The average Bonchev–Trinajstić information content (AvgIpc) is 2.75. The third-order valence-corrected chi connectivity index (χ3v) is 5.06. The van der Waals surface area contributed by atoms with Crippen LogP contribution in [0.25, 0.3) is 22.3 Å². The monoisotopic (exact) mass is 464 g/mol. The van der Waals surface area contributed by atoms with Crippen molar-refractivity contribution < 1.29 is 35.1 Å². The molecule has 0 nitrogen and oxygen atoms in total. The lowest BCUT2D eigenvalue weighted by Gasteiger charge is -2.10. The zero-order chi connectivity index (χ0) is 23.9. The molecule has 0 unspecified atom stereocenters. The van der Waals surface area contributed by atoms with Gasteiger partial charge in [0.2, 0.25) is 0 Å². The molecule has 4 aromatic rings. The molecule has 8 heteroatoms. The normalized spacial score (nSPS) is 11.2. The Balaban J connectivity index is 1.60. The smallest absolute Gasteiger partial charge is 0.194 e. The number of rotatable bonds is 4. The van der Waals surface area contributed by atoms with Gasteiger partial charge in [0.05, 0.1) is 0 Å². The molecule has 4 aromatic carbocycles. The van der Waals surface area contributed by atoms with Crippen molar-refractivity contribution >= 4 is 0 Å². The van der Waals surface area contributed by atoms with Crippen molar-refractivity contribution in [3.63, 3.8) is 0 Å². The maximum atomic E-state index is 14.6. The van der Waals surface area contributed by atoms with Crippen LogP contribution in [0.4, 0.5) is 35.1 Å². The van der Waals surface area contributed by atoms with Gasteiger partial charge in [0.25, 0.3) is 0 Å². The second-order valence-electron chi connectivity index (χ2n) is 7.31. The summed E-state index contributed by atoms with van der Waals surface area (Å²) in [5.41, 5.74) is 0.0988. The van der Waals surface area contributed by atoms with Crippen molar-refractivity contribution in [2.45, 2.75) is 6.42 Å². The molecular formula is C25H12F8. The summed E-state index contributed by atoms with van der Waals surface area (Å²) in [7, 11) is 0. The minimum atomic E-state index is -1.66. The molecule has 0 saturated heterocycles. The lowest BCUT2D eigenvalue weighted by atomic mass is 9.97. The van der Waals surface area contributed by atoms with Crippen LogP contribution in [0.5, 0.6) is 0 Å². The minimum absolute atomic E-state index is 0.0622. The van der Waals surface area contributed by atoms with E-state index in [2.05, 4.69) is 0 Å². The fourth-order valence-corrected chi connectivity index (χ4v) is 3.46. The zero-order valence-corrected chi connectivity index (χ0v) is 16.5. The van der Waals surface area contributed by atoms with Gasteiger partial charge in [-0.05, 0) is 65.1 Å². The summed E-state index contributed by atoms with van der Waals surface area (Å²) in [5, 5.41) is 0. The molecule has 0 spiro atoms. The lowest BCUT2D eigenvalue weighted by Crippen LogP contribution is -1.97. The van der Waals surface area contributed by atoms with Crippen molar-refractivity contribution in [1.29, 1.82) is 0 Å². The van der Waals surface area contributed by atoms with Crippen LogP contribution in [0.2, 0.25) is 0 Å². The second-order valence-corrected chi connectivity index (χ2v) is 7.31. The van der Waals surface area contributed by atoms with E-state index in [0.717, 1.165) is 12.1 Å². The topological polar surface area (TPSA) is 0 Å². The predicted molar refractivity (Wildman–Crippen MR) is 106 cm³/mol. The van der Waals surface area contributed by atoms with Crippen molar-refractivity contribution in [1.82, 2.24) is 0 Å². The van der Waals surface area contributed by atoms with Crippen molar-refractivity contribution in [2.24, 2.45) is 0 Å². The summed E-state index contributed by atoms with van der Waals surface area (Å²) in [4.78, 5) is 0. The number of hydrogen-bond acceptors (Lipinski definition) is 0. The molecule has 0 saturated carbocycles. The van der Waals surface area contributed by atoms with Crippen molar-refractivity contribution in [3.8, 4) is 22.3 Å². The van der Waals surface area contributed by atoms with E-state index in [1.54, 1.807) is 0 Å². The van der Waals surface area contributed by atoms with E-state index < -0.39 is 46.5 Å². The highest BCUT2D eigenvalue weighted by molar-refractivity contribution is 5.66. The molecule has 0 heterocycles. The van der Waals surface area contributed by atoms with Gasteiger partial charge in [-0.15, -0.1) is 0 Å². The summed E-state index contributed by atoms with van der Waals surface area (Å²) >= 11 is 0. The molecule has 0 aliphatic carbocycles. The molecule has 0 fully saturated rings. The molecule has 168 valence electrons. The van der Waals surface area contributed by atoms with Crippen LogP contribution in [0, 0.1) is 46.5 Å². The largest absolute Gasteiger partial charge is 0.206 e. The average molecular weight is 464 g/mol. The van der Waals surface area contributed by atoms with Gasteiger partial charge < -0.3 is 0 Å². The van der Waals surface area contributed by atoms with Crippen molar-refractivity contribution in [2.75, 3.05) is 0 Å². The molecule has 0 amide bonds. The maximum Gasteiger partial charge on any atom is 0.194 e. The molecule has 0 aliphatic rings. The summed E-state index contributed by atoms with van der Waals surface area (Å²) in [6.07, 6.45) is 0.0622. The first kappa shape index (κ1) is 22.5. The molecule has 0 bridgehead atoms. The van der Waals surface area contributed by atoms with Gasteiger partial charge in [-0.2, -0.15) is 0 Å². The fraction of sp³-hybridized carbons (Fsp3) is 0.0400. The van der Waals surface area contributed by atoms with Gasteiger partial charge in [-0.1, -0.05) is 24.3 Å². The molecule has 0 atom stereocenters. The Hall–Kier alpha value is -3.68. The quantitative estimate of drug-likeness (QED) is 0.214. The summed E-state index contributed by atoms with van der Waals surface area (Å²) in [6.45, 7) is 0. The number of benzene rings is 4. The minimum Gasteiger partial charge on any atom is -0.206 e. The summed E-state index contributed by atoms with van der Waals surface area (Å²) in [6, 6.07) is 10.3. The molecule has 0 aromatic heterocycles. The van der Waals surface area contributed by atoms with Crippen LogP contribution in [-0.4, -0.2) is 0 Å². The Labute approximate surface area is 182 Å². The van der Waals surface area contributed by atoms with E-state index in [4.69, 9.17) is 0 Å². The SMILES string of the molecule is Fc1cc(Cc2ccc(-c3cc(F)c(F)c(F)c3)c(F)c2)ccc1-c1cc(F)c(F)c(F)c1. The predicted octanol–water partition coefficient (Wildman–Crippen LogP) is 7.72. The Bertz CT molecular complexity index is 1230. The van der Waals surface area contributed by atoms with Gasteiger partial charge in [0.15, 0.2) is 34.9 Å². The second kappa shape index (κ2) is 8.69. The van der Waals surface area contributed by atoms with E-state index >= 15 is 0 Å². The van der Waals surface area contributed by atoms with Gasteiger partial charge in [0.1, 0.15) is 11.6 Å². The molecule has 0 N–H and O–H groups in total. The number of halogens is 8. The first-order valence-corrected chi connectivity index (χ1v) is 9.50. The zero-order valence-electron chi connectivity index (χ0n) is 16.5. The summed E-state index contributed by atoms with van der Waals surface area (Å²) < 4.78 is 109. The Kier molecular flexibility index (Phi) is 5.93. The highest BCUT2D eigenvalue weighted by Crippen LogP contribution is 2.29. The standard InChI is InChI=1S/C25H12F8/c26-18-6-12(1-3-16(18)14-8-20(28)24(32)21(29)9-14)5-13-2-4-17(19(27)7-13)15-10-22(30)25(33)23(31)11-15/h1-4,6-11H,5H2. The van der Waals surface area contributed by atoms with E-state index in [9.17, 15) is 35.1 Å². The van der Waals surface area contributed by atoms with Gasteiger partial charge in [0, 0.05) is 11.1 Å². The van der Waals surface area contributed by atoms with Crippen LogP contribution >= 0.6 is 0 Å². The van der Waals surface area contributed by atoms with E-state index in [0.29, 0.717) is 35.4 Å². The van der Waals surface area contributed by atoms with Gasteiger partial charge in [-0.25, -0.2) is 35.1 Å². The molecule has 0 radical (unpaired) electrons. The van der Waals surface area contributed by atoms with Crippen molar-refractivity contribution in [3.05, 3.63) is 118 Å². The van der Waals surface area contributed by atoms with Crippen LogP contribution in [-0.2, 0) is 6.42 Å². The van der Waals surface area contributed by atoms with Crippen LogP contribution < -0.4 is 0 Å². The van der Waals surface area contributed by atoms with Crippen LogP contribution in [0.3, 0.4) is 0 Å². The molecule has 0 aliphatic heterocycles. The highest BCUT2D eigenvalue weighted by atomic mass is 19.2. The molecule has 33 heavy (non-hydrogen) atoms. The Morgan fingerprint density at radius 3 is 1.03 bits per heavy atom. The Morgan fingerprint density at radius 2 is 0.727 bits per heavy atom. The van der Waals surface area contributed by atoms with E-state index in [-0.39, 0.29) is 28.7 Å². The van der Waals surface area contributed by atoms with Crippen LogP contribution in [0.15, 0.2) is 60.7 Å². The maximum absolute atomic E-state index is 14.6. The number of hydrogen-bond donors (Lipinski definition) is 0. The third kappa shape index (κ3) is 4.46. The van der Waals surface area contributed by atoms with E-state index in [1.807, 2.05) is 0 Å². The first-order valence-electron chi connectivity index (χ1n) is 9.50. The third-order valence-electron chi connectivity index (χ3n) is 5.06. The Morgan fingerprint density at radius 1 is 0.394 bits per heavy atom. The summed E-state index contributed by atoms with van der Waals surface area (Å²) in [5.74, 6) is -10.8.